The molecular formula is C26H19N3O4. The third-order valence-corrected chi connectivity index (χ3v) is 5.42. The Labute approximate surface area is 190 Å². The minimum absolute atomic E-state index is 0.00511. The van der Waals surface area contributed by atoms with E-state index in [0.29, 0.717) is 12.0 Å². The summed E-state index contributed by atoms with van der Waals surface area (Å²) in [5.74, 6) is 5.67. The summed E-state index contributed by atoms with van der Waals surface area (Å²) in [6, 6.07) is 22.1. The van der Waals surface area contributed by atoms with Crippen molar-refractivity contribution in [2.45, 2.75) is 12.3 Å². The van der Waals surface area contributed by atoms with E-state index in [1.54, 1.807) is 0 Å². The second-order valence-electron chi connectivity index (χ2n) is 7.40. The van der Waals surface area contributed by atoms with Gasteiger partial charge in [0.05, 0.1) is 10.5 Å². The molecule has 0 saturated carbocycles. The van der Waals surface area contributed by atoms with Crippen LogP contribution in [0.2, 0.25) is 0 Å². The molecule has 4 rings (SSSR count). The van der Waals surface area contributed by atoms with Crippen molar-refractivity contribution in [3.8, 4) is 29.0 Å². The third kappa shape index (κ3) is 4.68. The molecule has 1 amide bonds. The molecule has 3 aromatic carbocycles. The van der Waals surface area contributed by atoms with E-state index >= 15 is 0 Å². The number of hydrogen-bond donors (Lipinski definition) is 1. The number of non-ortho nitro benzene ring substituents is 1. The smallest absolute Gasteiger partial charge is 0.407 e. The van der Waals surface area contributed by atoms with Gasteiger partial charge < -0.3 is 10.1 Å². The number of nitro groups is 1. The minimum atomic E-state index is -0.559. The summed E-state index contributed by atoms with van der Waals surface area (Å²) >= 11 is 0. The molecule has 1 aliphatic carbocycles. The number of rotatable bonds is 5. The lowest BCUT2D eigenvalue weighted by Gasteiger charge is -2.14. The predicted octanol–water partition coefficient (Wildman–Crippen LogP) is 4.75. The van der Waals surface area contributed by atoms with E-state index in [-0.39, 0.29) is 30.3 Å². The van der Waals surface area contributed by atoms with E-state index in [4.69, 9.17) is 10.00 Å². The molecule has 7 heteroatoms. The Kier molecular flexibility index (Phi) is 6.33. The molecule has 0 radical (unpaired) electrons. The monoisotopic (exact) mass is 437 g/mol. The summed E-state index contributed by atoms with van der Waals surface area (Å²) in [5.41, 5.74) is 5.02. The van der Waals surface area contributed by atoms with Gasteiger partial charge in [-0.1, -0.05) is 60.4 Å². The highest BCUT2D eigenvalue weighted by Gasteiger charge is 2.28. The highest BCUT2D eigenvalue weighted by atomic mass is 16.6. The molecule has 0 bridgehead atoms. The van der Waals surface area contributed by atoms with Gasteiger partial charge in [0.25, 0.3) is 5.69 Å². The number of nitro benzene ring substituents is 1. The van der Waals surface area contributed by atoms with Crippen molar-refractivity contribution >= 4 is 11.8 Å². The summed E-state index contributed by atoms with van der Waals surface area (Å²) < 4.78 is 5.47. The van der Waals surface area contributed by atoms with Crippen LogP contribution in [0.1, 0.15) is 34.6 Å². The van der Waals surface area contributed by atoms with Gasteiger partial charge in [0.2, 0.25) is 0 Å². The first-order valence-corrected chi connectivity index (χ1v) is 10.3. The van der Waals surface area contributed by atoms with Crippen LogP contribution in [-0.4, -0.2) is 24.2 Å². The Morgan fingerprint density at radius 1 is 1.03 bits per heavy atom. The number of amides is 1. The number of carbonyl (C=O) groups is 1. The summed E-state index contributed by atoms with van der Waals surface area (Å²) in [7, 11) is 0. The average molecular weight is 437 g/mol. The molecule has 7 nitrogen and oxygen atoms in total. The molecule has 3 aromatic rings. The van der Waals surface area contributed by atoms with Crippen molar-refractivity contribution in [1.29, 1.82) is 5.26 Å². The zero-order chi connectivity index (χ0) is 23.2. The molecule has 0 atom stereocenters. The van der Waals surface area contributed by atoms with E-state index in [0.717, 1.165) is 11.1 Å². The third-order valence-electron chi connectivity index (χ3n) is 5.42. The lowest BCUT2D eigenvalue weighted by molar-refractivity contribution is -0.384. The van der Waals surface area contributed by atoms with Crippen molar-refractivity contribution in [1.82, 2.24) is 5.32 Å². The van der Waals surface area contributed by atoms with Crippen LogP contribution in [0, 0.1) is 33.3 Å². The predicted molar refractivity (Wildman–Crippen MR) is 122 cm³/mol. The van der Waals surface area contributed by atoms with Gasteiger partial charge in [-0.15, -0.1) is 0 Å². The van der Waals surface area contributed by atoms with Crippen LogP contribution in [0.5, 0.6) is 0 Å². The first kappa shape index (κ1) is 21.6. The maximum absolute atomic E-state index is 12.2. The number of fused-ring (bicyclic) bond motifs is 3. The van der Waals surface area contributed by atoms with Gasteiger partial charge in [0.1, 0.15) is 12.7 Å². The van der Waals surface area contributed by atoms with Crippen LogP contribution >= 0.6 is 0 Å². The van der Waals surface area contributed by atoms with E-state index in [1.807, 2.05) is 30.3 Å². The van der Waals surface area contributed by atoms with Crippen LogP contribution in [0.3, 0.4) is 0 Å². The van der Waals surface area contributed by atoms with Gasteiger partial charge in [-0.05, 0) is 28.3 Å². The van der Waals surface area contributed by atoms with Gasteiger partial charge in [0.15, 0.2) is 0 Å². The first-order valence-electron chi connectivity index (χ1n) is 10.3. The molecule has 0 spiro atoms. The normalized spacial score (nSPS) is 11.4. The highest BCUT2D eigenvalue weighted by molar-refractivity contribution is 5.79. The van der Waals surface area contributed by atoms with Crippen molar-refractivity contribution in [2.24, 2.45) is 0 Å². The number of nitrogens with zero attached hydrogens (tertiary/aromatic N) is 2. The van der Waals surface area contributed by atoms with Crippen molar-refractivity contribution in [3.05, 3.63) is 99.1 Å². The van der Waals surface area contributed by atoms with Gasteiger partial charge in [-0.25, -0.2) is 4.79 Å². The number of benzene rings is 3. The second-order valence-corrected chi connectivity index (χ2v) is 7.40. The van der Waals surface area contributed by atoms with Crippen LogP contribution in [0.25, 0.3) is 11.1 Å². The molecule has 0 heterocycles. The summed E-state index contributed by atoms with van der Waals surface area (Å²) in [6.07, 6.45) is -0.182. The van der Waals surface area contributed by atoms with E-state index in [2.05, 4.69) is 41.4 Å². The fourth-order valence-electron chi connectivity index (χ4n) is 3.88. The zero-order valence-corrected chi connectivity index (χ0v) is 17.6. The molecule has 33 heavy (non-hydrogen) atoms. The molecule has 1 N–H and O–H groups in total. The average Bonchev–Trinajstić information content (AvgIpc) is 3.16. The van der Waals surface area contributed by atoms with Crippen LogP contribution in [0.4, 0.5) is 10.5 Å². The molecule has 0 saturated heterocycles. The number of nitriles is 1. The summed E-state index contributed by atoms with van der Waals surface area (Å²) in [4.78, 5) is 22.4. The number of hydrogen-bond acceptors (Lipinski definition) is 5. The number of carbonyl (C=O) groups excluding carboxylic acids is 1. The Morgan fingerprint density at radius 2 is 1.70 bits per heavy atom. The van der Waals surface area contributed by atoms with Crippen molar-refractivity contribution in [3.63, 3.8) is 0 Å². The summed E-state index contributed by atoms with van der Waals surface area (Å²) in [6.45, 7) is 0.512. The zero-order valence-electron chi connectivity index (χ0n) is 17.6. The van der Waals surface area contributed by atoms with E-state index in [9.17, 15) is 14.9 Å². The lowest BCUT2D eigenvalue weighted by Crippen LogP contribution is -2.26. The van der Waals surface area contributed by atoms with E-state index < -0.39 is 11.0 Å². The van der Waals surface area contributed by atoms with Gasteiger partial charge >= 0.3 is 6.09 Å². The Hall–Kier alpha value is -4.62. The quantitative estimate of drug-likeness (QED) is 0.268. The number of alkyl carbamates (subject to hydrolysis) is 1. The lowest BCUT2D eigenvalue weighted by atomic mass is 9.98. The Bertz CT molecular complexity index is 1290. The highest BCUT2D eigenvalue weighted by Crippen LogP contribution is 2.44. The molecular weight excluding hydrogens is 418 g/mol. The molecule has 162 valence electrons. The summed E-state index contributed by atoms with van der Waals surface area (Å²) in [5, 5.41) is 22.6. The molecule has 1 aliphatic rings. The largest absolute Gasteiger partial charge is 0.449 e. The number of nitrogens with one attached hydrogen (secondary N) is 1. The van der Waals surface area contributed by atoms with Gasteiger partial charge in [-0.3, -0.25) is 10.1 Å². The van der Waals surface area contributed by atoms with Gasteiger partial charge in [-0.2, -0.15) is 5.26 Å². The fraction of sp³-hybridized carbons (Fsp3) is 0.154. The van der Waals surface area contributed by atoms with Crippen LogP contribution in [0.15, 0.2) is 66.7 Å². The fourth-order valence-corrected chi connectivity index (χ4v) is 3.88. The van der Waals surface area contributed by atoms with E-state index in [1.165, 1.54) is 29.3 Å². The second kappa shape index (κ2) is 9.67. The minimum Gasteiger partial charge on any atom is -0.449 e. The van der Waals surface area contributed by atoms with Gasteiger partial charge in [0, 0.05) is 36.6 Å². The molecule has 0 fully saturated rings. The van der Waals surface area contributed by atoms with Crippen LogP contribution < -0.4 is 5.32 Å². The van der Waals surface area contributed by atoms with Crippen molar-refractivity contribution in [2.75, 3.05) is 13.2 Å². The maximum atomic E-state index is 12.2. The maximum Gasteiger partial charge on any atom is 0.407 e. The topological polar surface area (TPSA) is 105 Å². The Morgan fingerprint density at radius 3 is 2.33 bits per heavy atom. The Balaban J connectivity index is 1.30. The molecule has 0 aromatic heterocycles. The standard InChI is InChI=1S/C26H19N3O4/c27-16-19-15-20(29(31)32)13-12-18(19)7-5-6-14-28-26(30)33-17-25-23-10-3-1-8-21(23)22-9-2-4-11-24(22)25/h1-4,8-13,15,25H,6,14,17H2,(H,28,30). The number of ether oxygens (including phenoxy) is 1. The van der Waals surface area contributed by atoms with Crippen LogP contribution in [-0.2, 0) is 4.74 Å². The van der Waals surface area contributed by atoms with Crippen molar-refractivity contribution < 1.29 is 14.5 Å². The first-order chi connectivity index (χ1) is 16.1. The molecule has 0 aliphatic heterocycles. The SMILES string of the molecule is N#Cc1cc([N+](=O)[O-])ccc1C#CCCNC(=O)OCC1c2ccccc2-c2ccccc21. The molecule has 0 unspecified atom stereocenters.